The lowest BCUT2D eigenvalue weighted by Gasteiger charge is -2.12. The number of anilines is 2. The van der Waals surface area contributed by atoms with Gasteiger partial charge in [-0.2, -0.15) is 0 Å². The van der Waals surface area contributed by atoms with Crippen molar-refractivity contribution >= 4 is 34.7 Å². The highest BCUT2D eigenvalue weighted by Gasteiger charge is 2.24. The normalized spacial score (nSPS) is 13.8. The maximum absolute atomic E-state index is 12.3. The zero-order chi connectivity index (χ0) is 18.1. The van der Waals surface area contributed by atoms with Gasteiger partial charge in [0, 0.05) is 29.7 Å². The number of hydrogen-bond acceptors (Lipinski definition) is 5. The standard InChI is InChI=1S/C19H21N5OS/c1-3-26-19-21-11-16-17(20-8-9-24(16)19)23-15-10-13(5-4-12(15)2)18(25)22-14-6-7-14/h4-5,8-11,14H,3,6-7H2,1-2H3,(H,20,23)(H,22,25). The largest absolute Gasteiger partial charge is 0.349 e. The second-order valence-electron chi connectivity index (χ2n) is 6.41. The summed E-state index contributed by atoms with van der Waals surface area (Å²) in [6, 6.07) is 6.05. The first-order chi connectivity index (χ1) is 12.7. The van der Waals surface area contributed by atoms with E-state index in [9.17, 15) is 4.79 Å². The number of amides is 1. The van der Waals surface area contributed by atoms with E-state index in [1.807, 2.05) is 41.9 Å². The van der Waals surface area contributed by atoms with Gasteiger partial charge in [0.15, 0.2) is 11.0 Å². The molecule has 4 rings (SSSR count). The zero-order valence-corrected chi connectivity index (χ0v) is 15.6. The minimum absolute atomic E-state index is 0.0206. The maximum atomic E-state index is 12.3. The van der Waals surface area contributed by atoms with E-state index in [-0.39, 0.29) is 5.91 Å². The Bertz CT molecular complexity index is 964. The van der Waals surface area contributed by atoms with Gasteiger partial charge in [-0.3, -0.25) is 9.20 Å². The number of nitrogens with one attached hydrogen (secondary N) is 2. The molecule has 2 heterocycles. The molecule has 3 aromatic rings. The van der Waals surface area contributed by atoms with Crippen molar-refractivity contribution in [3.63, 3.8) is 0 Å². The SMILES string of the molecule is CCSc1ncc2c(Nc3cc(C(=O)NC4CC4)ccc3C)nccn12. The number of benzene rings is 1. The molecule has 26 heavy (non-hydrogen) atoms. The van der Waals surface area contributed by atoms with Crippen molar-refractivity contribution in [2.75, 3.05) is 11.1 Å². The van der Waals surface area contributed by atoms with E-state index in [0.717, 1.165) is 46.3 Å². The summed E-state index contributed by atoms with van der Waals surface area (Å²) in [6.45, 7) is 4.12. The van der Waals surface area contributed by atoms with Crippen LogP contribution in [0.25, 0.3) is 5.52 Å². The van der Waals surface area contributed by atoms with E-state index in [4.69, 9.17) is 0 Å². The number of rotatable bonds is 6. The maximum Gasteiger partial charge on any atom is 0.251 e. The second-order valence-corrected chi connectivity index (χ2v) is 7.64. The molecular formula is C19H21N5OS. The number of nitrogens with zero attached hydrogens (tertiary/aromatic N) is 3. The van der Waals surface area contributed by atoms with Crippen LogP contribution >= 0.6 is 11.8 Å². The van der Waals surface area contributed by atoms with Crippen molar-refractivity contribution in [2.24, 2.45) is 0 Å². The Kier molecular flexibility index (Phi) is 4.55. The van der Waals surface area contributed by atoms with Gasteiger partial charge in [-0.25, -0.2) is 9.97 Å². The number of aryl methyl sites for hydroxylation is 1. The Hall–Kier alpha value is -2.54. The van der Waals surface area contributed by atoms with Gasteiger partial charge < -0.3 is 10.6 Å². The van der Waals surface area contributed by atoms with Gasteiger partial charge in [0.1, 0.15) is 5.52 Å². The number of hydrogen-bond donors (Lipinski definition) is 2. The zero-order valence-electron chi connectivity index (χ0n) is 14.8. The molecule has 0 spiro atoms. The van der Waals surface area contributed by atoms with E-state index in [0.29, 0.717) is 11.6 Å². The van der Waals surface area contributed by atoms with Crippen molar-refractivity contribution < 1.29 is 4.79 Å². The Morgan fingerprint density at radius 3 is 2.96 bits per heavy atom. The van der Waals surface area contributed by atoms with Gasteiger partial charge in [-0.1, -0.05) is 24.8 Å². The smallest absolute Gasteiger partial charge is 0.251 e. The lowest BCUT2D eigenvalue weighted by Crippen LogP contribution is -2.25. The average Bonchev–Trinajstić information content (AvgIpc) is 3.36. The summed E-state index contributed by atoms with van der Waals surface area (Å²) in [5.41, 5.74) is 3.50. The molecule has 2 N–H and O–H groups in total. The monoisotopic (exact) mass is 367 g/mol. The van der Waals surface area contributed by atoms with Crippen LogP contribution in [0.1, 0.15) is 35.7 Å². The van der Waals surface area contributed by atoms with E-state index in [1.165, 1.54) is 0 Å². The summed E-state index contributed by atoms with van der Waals surface area (Å²) in [6.07, 6.45) is 7.65. The first-order valence-corrected chi connectivity index (χ1v) is 9.77. The van der Waals surface area contributed by atoms with Crippen molar-refractivity contribution in [2.45, 2.75) is 37.9 Å². The van der Waals surface area contributed by atoms with Crippen LogP contribution in [0.5, 0.6) is 0 Å². The van der Waals surface area contributed by atoms with Gasteiger partial charge in [-0.15, -0.1) is 0 Å². The topological polar surface area (TPSA) is 71.3 Å². The van der Waals surface area contributed by atoms with Crippen LogP contribution in [0.15, 0.2) is 41.9 Å². The molecule has 1 aliphatic rings. The molecule has 0 bridgehead atoms. The van der Waals surface area contributed by atoms with Crippen molar-refractivity contribution in [1.29, 1.82) is 0 Å². The molecule has 1 saturated carbocycles. The third-order valence-corrected chi connectivity index (χ3v) is 5.21. The molecule has 0 aliphatic heterocycles. The molecule has 0 saturated heterocycles. The highest BCUT2D eigenvalue weighted by atomic mass is 32.2. The summed E-state index contributed by atoms with van der Waals surface area (Å²) >= 11 is 1.69. The molecule has 1 aromatic carbocycles. The van der Waals surface area contributed by atoms with Gasteiger partial charge in [-0.05, 0) is 43.2 Å². The predicted octanol–water partition coefficient (Wildman–Crippen LogP) is 3.79. The van der Waals surface area contributed by atoms with E-state index in [1.54, 1.807) is 18.0 Å². The fourth-order valence-corrected chi connectivity index (χ4v) is 3.44. The number of carbonyl (C=O) groups is 1. The van der Waals surface area contributed by atoms with Crippen LogP contribution < -0.4 is 10.6 Å². The third kappa shape index (κ3) is 3.39. The van der Waals surface area contributed by atoms with Crippen LogP contribution in [0, 0.1) is 6.92 Å². The average molecular weight is 367 g/mol. The molecule has 0 atom stereocenters. The lowest BCUT2D eigenvalue weighted by atomic mass is 10.1. The fraction of sp³-hybridized carbons (Fsp3) is 0.316. The van der Waals surface area contributed by atoms with E-state index < -0.39 is 0 Å². The van der Waals surface area contributed by atoms with Crippen LogP contribution in [-0.2, 0) is 0 Å². The first kappa shape index (κ1) is 16.9. The summed E-state index contributed by atoms with van der Waals surface area (Å²) in [5, 5.41) is 7.35. The molecule has 7 heteroatoms. The van der Waals surface area contributed by atoms with Crippen molar-refractivity contribution in [1.82, 2.24) is 19.7 Å². The minimum Gasteiger partial charge on any atom is -0.349 e. The molecule has 2 aromatic heterocycles. The molecular weight excluding hydrogens is 346 g/mol. The van der Waals surface area contributed by atoms with E-state index in [2.05, 4.69) is 27.5 Å². The van der Waals surface area contributed by atoms with Crippen molar-refractivity contribution in [3.05, 3.63) is 47.9 Å². The van der Waals surface area contributed by atoms with Gasteiger partial charge in [0.25, 0.3) is 5.91 Å². The number of imidazole rings is 1. The van der Waals surface area contributed by atoms with Crippen LogP contribution in [-0.4, -0.2) is 32.1 Å². The summed E-state index contributed by atoms with van der Waals surface area (Å²) in [5.74, 6) is 1.67. The van der Waals surface area contributed by atoms with Gasteiger partial charge in [0.05, 0.1) is 6.20 Å². The summed E-state index contributed by atoms with van der Waals surface area (Å²) in [4.78, 5) is 21.3. The molecule has 0 radical (unpaired) electrons. The van der Waals surface area contributed by atoms with Gasteiger partial charge in [0.2, 0.25) is 0 Å². The third-order valence-electron chi connectivity index (χ3n) is 4.36. The number of thioether (sulfide) groups is 1. The predicted molar refractivity (Wildman–Crippen MR) is 104 cm³/mol. The fourth-order valence-electron chi connectivity index (χ4n) is 2.76. The Morgan fingerprint density at radius 2 is 2.19 bits per heavy atom. The summed E-state index contributed by atoms with van der Waals surface area (Å²) < 4.78 is 2.03. The highest BCUT2D eigenvalue weighted by molar-refractivity contribution is 7.99. The molecule has 1 aliphatic carbocycles. The van der Waals surface area contributed by atoms with Gasteiger partial charge >= 0.3 is 0 Å². The number of fused-ring (bicyclic) bond motifs is 1. The van der Waals surface area contributed by atoms with Crippen LogP contribution in [0.3, 0.4) is 0 Å². The molecule has 6 nitrogen and oxygen atoms in total. The van der Waals surface area contributed by atoms with Crippen LogP contribution in [0.2, 0.25) is 0 Å². The lowest BCUT2D eigenvalue weighted by molar-refractivity contribution is 0.0951. The molecule has 134 valence electrons. The number of aromatic nitrogens is 3. The molecule has 0 unspecified atom stereocenters. The highest BCUT2D eigenvalue weighted by Crippen LogP contribution is 2.27. The quantitative estimate of drug-likeness (QED) is 0.649. The first-order valence-electron chi connectivity index (χ1n) is 8.79. The minimum atomic E-state index is -0.0206. The van der Waals surface area contributed by atoms with E-state index >= 15 is 0 Å². The Morgan fingerprint density at radius 1 is 1.35 bits per heavy atom. The Balaban J connectivity index is 1.64. The number of carbonyl (C=O) groups excluding carboxylic acids is 1. The molecule has 1 fully saturated rings. The Labute approximate surface area is 156 Å². The molecule has 1 amide bonds. The van der Waals surface area contributed by atoms with Crippen LogP contribution in [0.4, 0.5) is 11.5 Å². The van der Waals surface area contributed by atoms with Crippen molar-refractivity contribution in [3.8, 4) is 0 Å². The summed E-state index contributed by atoms with van der Waals surface area (Å²) in [7, 11) is 0. The second kappa shape index (κ2) is 6.99.